The van der Waals surface area contributed by atoms with Crippen LogP contribution in [0.4, 0.5) is 0 Å². The number of sulfonamides is 1. The van der Waals surface area contributed by atoms with Crippen LogP contribution in [0.1, 0.15) is 5.56 Å². The minimum Gasteiger partial charge on any atom is -0.492 e. The average Bonchev–Trinajstić information content (AvgIpc) is 3.07. The Kier molecular flexibility index (Phi) is 5.93. The highest BCUT2D eigenvalue weighted by atomic mass is 32.2. The van der Waals surface area contributed by atoms with E-state index in [1.165, 1.54) is 10.6 Å². The summed E-state index contributed by atoms with van der Waals surface area (Å²) in [5.41, 5.74) is 2.81. The summed E-state index contributed by atoms with van der Waals surface area (Å²) in [4.78, 5) is 0. The van der Waals surface area contributed by atoms with Crippen molar-refractivity contribution in [2.75, 3.05) is 19.4 Å². The molecule has 0 bridgehead atoms. The summed E-state index contributed by atoms with van der Waals surface area (Å²) in [5, 5.41) is 4.20. The molecule has 1 aromatic heterocycles. The Hall–Kier alpha value is -2.64. The maximum Gasteiger partial charge on any atom is 0.211 e. The fourth-order valence-corrected chi connectivity index (χ4v) is 3.64. The van der Waals surface area contributed by atoms with Crippen LogP contribution in [-0.2, 0) is 23.6 Å². The van der Waals surface area contributed by atoms with E-state index in [0.29, 0.717) is 12.3 Å². The van der Waals surface area contributed by atoms with E-state index in [9.17, 15) is 8.42 Å². The quantitative estimate of drug-likeness (QED) is 0.598. The standard InChI is InChI=1S/C20H23N3O3S/c1-22-19(12-13-21-22)18-10-6-7-11-20(18)26-15-14-23(27(2,24)25)16-17-8-4-3-5-9-17/h3-13H,14-16H2,1-2H3. The Morgan fingerprint density at radius 1 is 1.04 bits per heavy atom. The molecule has 0 N–H and O–H groups in total. The molecular formula is C20H23N3O3S. The van der Waals surface area contributed by atoms with Gasteiger partial charge in [0.1, 0.15) is 12.4 Å². The molecule has 0 unspecified atom stereocenters. The molecule has 0 saturated carbocycles. The van der Waals surface area contributed by atoms with Gasteiger partial charge in [-0.1, -0.05) is 42.5 Å². The first kappa shape index (κ1) is 19.1. The van der Waals surface area contributed by atoms with Gasteiger partial charge in [-0.2, -0.15) is 9.40 Å². The lowest BCUT2D eigenvalue weighted by molar-refractivity contribution is 0.271. The number of ether oxygens (including phenoxy) is 1. The summed E-state index contributed by atoms with van der Waals surface area (Å²) in [6.07, 6.45) is 2.96. The van der Waals surface area contributed by atoms with Crippen LogP contribution in [0.2, 0.25) is 0 Å². The number of hydrogen-bond acceptors (Lipinski definition) is 4. The number of hydrogen-bond donors (Lipinski definition) is 0. The maximum absolute atomic E-state index is 12.1. The first-order valence-electron chi connectivity index (χ1n) is 8.64. The molecule has 3 rings (SSSR count). The molecule has 0 radical (unpaired) electrons. The predicted molar refractivity (Wildman–Crippen MR) is 106 cm³/mol. The summed E-state index contributed by atoms with van der Waals surface area (Å²) >= 11 is 0. The largest absolute Gasteiger partial charge is 0.492 e. The molecule has 0 aliphatic carbocycles. The van der Waals surface area contributed by atoms with Gasteiger partial charge in [-0.15, -0.1) is 0 Å². The second kappa shape index (κ2) is 8.37. The van der Waals surface area contributed by atoms with Crippen LogP contribution in [0.15, 0.2) is 66.9 Å². The normalized spacial score (nSPS) is 11.7. The van der Waals surface area contributed by atoms with Crippen molar-refractivity contribution in [2.45, 2.75) is 6.54 Å². The van der Waals surface area contributed by atoms with E-state index in [4.69, 9.17) is 4.74 Å². The summed E-state index contributed by atoms with van der Waals surface area (Å²) in [5.74, 6) is 0.703. The smallest absolute Gasteiger partial charge is 0.211 e. The van der Waals surface area contributed by atoms with E-state index in [1.807, 2.05) is 67.7 Å². The monoisotopic (exact) mass is 385 g/mol. The van der Waals surface area contributed by atoms with E-state index >= 15 is 0 Å². The summed E-state index contributed by atoms with van der Waals surface area (Å²) in [6, 6.07) is 19.1. The van der Waals surface area contributed by atoms with E-state index in [2.05, 4.69) is 5.10 Å². The molecule has 27 heavy (non-hydrogen) atoms. The van der Waals surface area contributed by atoms with Crippen LogP contribution in [0.25, 0.3) is 11.3 Å². The van der Waals surface area contributed by atoms with Gasteiger partial charge in [-0.25, -0.2) is 8.42 Å². The number of nitrogens with zero attached hydrogens (tertiary/aromatic N) is 3. The third kappa shape index (κ3) is 4.96. The fraction of sp³-hybridized carbons (Fsp3) is 0.250. The minimum absolute atomic E-state index is 0.259. The Labute approximate surface area is 160 Å². The van der Waals surface area contributed by atoms with Crippen LogP contribution in [0.3, 0.4) is 0 Å². The molecular weight excluding hydrogens is 362 g/mol. The van der Waals surface area contributed by atoms with E-state index < -0.39 is 10.0 Å². The molecule has 2 aromatic carbocycles. The molecule has 0 aliphatic heterocycles. The number of benzene rings is 2. The number of aromatic nitrogens is 2. The Morgan fingerprint density at radius 2 is 1.74 bits per heavy atom. The SMILES string of the molecule is Cn1nccc1-c1ccccc1OCCN(Cc1ccccc1)S(C)(=O)=O. The zero-order chi connectivity index (χ0) is 19.3. The van der Waals surface area contributed by atoms with Crippen LogP contribution in [0, 0.1) is 0 Å². The highest BCUT2D eigenvalue weighted by molar-refractivity contribution is 7.88. The first-order valence-corrected chi connectivity index (χ1v) is 10.5. The minimum atomic E-state index is -3.34. The summed E-state index contributed by atoms with van der Waals surface area (Å²) < 4.78 is 33.4. The van der Waals surface area contributed by atoms with Crippen LogP contribution in [-0.4, -0.2) is 41.9 Å². The third-order valence-electron chi connectivity index (χ3n) is 4.25. The lowest BCUT2D eigenvalue weighted by Gasteiger charge is -2.20. The summed E-state index contributed by atoms with van der Waals surface area (Å²) in [7, 11) is -1.47. The van der Waals surface area contributed by atoms with E-state index in [1.54, 1.807) is 10.9 Å². The van der Waals surface area contributed by atoms with Crippen molar-refractivity contribution in [1.29, 1.82) is 0 Å². The molecule has 0 aliphatic rings. The van der Waals surface area contributed by atoms with Crippen molar-refractivity contribution >= 4 is 10.0 Å². The second-order valence-corrected chi connectivity index (χ2v) is 8.25. The molecule has 0 atom stereocenters. The zero-order valence-electron chi connectivity index (χ0n) is 15.4. The van der Waals surface area contributed by atoms with Crippen molar-refractivity contribution < 1.29 is 13.2 Å². The zero-order valence-corrected chi connectivity index (χ0v) is 16.3. The van der Waals surface area contributed by atoms with Gasteiger partial charge >= 0.3 is 0 Å². The van der Waals surface area contributed by atoms with Crippen molar-refractivity contribution in [3.63, 3.8) is 0 Å². The number of para-hydroxylation sites is 1. The number of rotatable bonds is 8. The van der Waals surface area contributed by atoms with Crippen LogP contribution < -0.4 is 4.74 Å². The van der Waals surface area contributed by atoms with Crippen molar-refractivity contribution in [1.82, 2.24) is 14.1 Å². The van der Waals surface area contributed by atoms with E-state index in [-0.39, 0.29) is 13.2 Å². The van der Waals surface area contributed by atoms with E-state index in [0.717, 1.165) is 16.8 Å². The molecule has 142 valence electrons. The van der Waals surface area contributed by atoms with Crippen molar-refractivity contribution in [3.05, 3.63) is 72.4 Å². The second-order valence-electron chi connectivity index (χ2n) is 6.27. The molecule has 0 saturated heterocycles. The topological polar surface area (TPSA) is 64.4 Å². The molecule has 3 aromatic rings. The highest BCUT2D eigenvalue weighted by Crippen LogP contribution is 2.29. The lowest BCUT2D eigenvalue weighted by atomic mass is 10.1. The lowest BCUT2D eigenvalue weighted by Crippen LogP contribution is -2.33. The van der Waals surface area contributed by atoms with Crippen molar-refractivity contribution in [2.24, 2.45) is 7.05 Å². The Morgan fingerprint density at radius 3 is 2.41 bits per heavy atom. The molecule has 0 spiro atoms. The van der Waals surface area contributed by atoms with Crippen molar-refractivity contribution in [3.8, 4) is 17.0 Å². The van der Waals surface area contributed by atoms with Gasteiger partial charge in [0.25, 0.3) is 0 Å². The summed E-state index contributed by atoms with van der Waals surface area (Å²) in [6.45, 7) is 0.856. The number of aryl methyl sites for hydroxylation is 1. The molecule has 1 heterocycles. The third-order valence-corrected chi connectivity index (χ3v) is 5.50. The first-order chi connectivity index (χ1) is 12.9. The molecule has 0 amide bonds. The maximum atomic E-state index is 12.1. The van der Waals surface area contributed by atoms with Gasteiger partial charge in [0.15, 0.2) is 0 Å². The van der Waals surface area contributed by atoms with Gasteiger partial charge in [0.2, 0.25) is 10.0 Å². The van der Waals surface area contributed by atoms with Crippen LogP contribution in [0.5, 0.6) is 5.75 Å². The van der Waals surface area contributed by atoms with Gasteiger partial charge in [-0.05, 0) is 23.8 Å². The molecule has 0 fully saturated rings. The van der Waals surface area contributed by atoms with Gasteiger partial charge in [-0.3, -0.25) is 4.68 Å². The van der Waals surface area contributed by atoms with Gasteiger partial charge < -0.3 is 4.74 Å². The molecule has 7 heteroatoms. The Balaban J connectivity index is 1.70. The van der Waals surface area contributed by atoms with Gasteiger partial charge in [0.05, 0.1) is 11.9 Å². The van der Waals surface area contributed by atoms with Gasteiger partial charge in [0, 0.05) is 31.9 Å². The Bertz CT molecular complexity index is 984. The fourth-order valence-electron chi connectivity index (χ4n) is 2.85. The highest BCUT2D eigenvalue weighted by Gasteiger charge is 2.17. The van der Waals surface area contributed by atoms with Crippen LogP contribution >= 0.6 is 0 Å². The molecule has 6 nitrogen and oxygen atoms in total. The predicted octanol–water partition coefficient (Wildman–Crippen LogP) is 2.93. The average molecular weight is 385 g/mol.